The smallest absolute Gasteiger partial charge is 0.379 e. The van der Waals surface area contributed by atoms with Gasteiger partial charge in [-0.1, -0.05) is 0 Å². The van der Waals surface area contributed by atoms with Gasteiger partial charge in [-0.15, -0.1) is 0 Å². The van der Waals surface area contributed by atoms with Gasteiger partial charge >= 0.3 is 11.9 Å². The average Bonchev–Trinajstić information content (AvgIpc) is 2.69. The molecule has 0 radical (unpaired) electrons. The quantitative estimate of drug-likeness (QED) is 0.811. The Morgan fingerprint density at radius 3 is 2.87 bits per heavy atom. The van der Waals surface area contributed by atoms with Crippen molar-refractivity contribution in [2.45, 2.75) is 18.9 Å². The van der Waals surface area contributed by atoms with E-state index in [1.54, 1.807) is 5.38 Å². The van der Waals surface area contributed by atoms with Gasteiger partial charge in [-0.05, 0) is 29.3 Å². The van der Waals surface area contributed by atoms with Crippen molar-refractivity contribution in [2.24, 2.45) is 5.73 Å². The van der Waals surface area contributed by atoms with Gasteiger partial charge in [0.15, 0.2) is 0 Å². The summed E-state index contributed by atoms with van der Waals surface area (Å²) < 4.78 is 31.0. The van der Waals surface area contributed by atoms with Crippen molar-refractivity contribution in [3.8, 4) is 0 Å². The van der Waals surface area contributed by atoms with Gasteiger partial charge in [0, 0.05) is 0 Å². The van der Waals surface area contributed by atoms with Gasteiger partial charge < -0.3 is 10.5 Å². The lowest BCUT2D eigenvalue weighted by molar-refractivity contribution is -0.174. The highest BCUT2D eigenvalue weighted by Crippen LogP contribution is 2.31. The van der Waals surface area contributed by atoms with Gasteiger partial charge in [-0.3, -0.25) is 0 Å². The van der Waals surface area contributed by atoms with E-state index in [2.05, 4.69) is 4.74 Å². The van der Waals surface area contributed by atoms with Crippen LogP contribution in [0.1, 0.15) is 18.5 Å². The number of ether oxygens (including phenoxy) is 1. The van der Waals surface area contributed by atoms with Crippen LogP contribution in [0.15, 0.2) is 16.8 Å². The molecule has 0 saturated carbocycles. The maximum Gasteiger partial charge on any atom is 0.379 e. The zero-order valence-corrected chi connectivity index (χ0v) is 8.89. The number of carbonyl (C=O) groups excluding carboxylic acids is 1. The lowest BCUT2D eigenvalue weighted by atomic mass is 10.1. The first-order valence-electron chi connectivity index (χ1n) is 4.32. The van der Waals surface area contributed by atoms with Crippen molar-refractivity contribution in [3.05, 3.63) is 22.4 Å². The molecule has 2 N–H and O–H groups in total. The Hall–Kier alpha value is -1.01. The highest BCUT2D eigenvalue weighted by Gasteiger charge is 2.47. The SMILES string of the molecule is CCOC(=O)C(F)(F)[C@H](N)c1ccsc1. The van der Waals surface area contributed by atoms with Gasteiger partial charge in [-0.25, -0.2) is 4.79 Å². The van der Waals surface area contributed by atoms with E-state index in [4.69, 9.17) is 5.73 Å². The predicted molar refractivity (Wildman–Crippen MR) is 52.8 cm³/mol. The van der Waals surface area contributed by atoms with Crippen LogP contribution >= 0.6 is 11.3 Å². The first-order chi connectivity index (χ1) is 7.00. The molecule has 6 heteroatoms. The van der Waals surface area contributed by atoms with Gasteiger partial charge in [-0.2, -0.15) is 20.1 Å². The Morgan fingerprint density at radius 2 is 2.40 bits per heavy atom. The molecule has 15 heavy (non-hydrogen) atoms. The summed E-state index contributed by atoms with van der Waals surface area (Å²) in [5.74, 6) is -5.26. The number of alkyl halides is 2. The van der Waals surface area contributed by atoms with Crippen molar-refractivity contribution in [1.29, 1.82) is 0 Å². The maximum atomic E-state index is 13.4. The zero-order valence-electron chi connectivity index (χ0n) is 8.07. The number of nitrogens with two attached hydrogens (primary N) is 1. The fourth-order valence-electron chi connectivity index (χ4n) is 1.02. The van der Waals surface area contributed by atoms with Crippen LogP contribution in [0, 0.1) is 0 Å². The van der Waals surface area contributed by atoms with E-state index in [9.17, 15) is 13.6 Å². The van der Waals surface area contributed by atoms with Crippen LogP contribution in [0.4, 0.5) is 8.78 Å². The number of esters is 1. The number of carbonyl (C=O) groups is 1. The molecule has 1 atom stereocenters. The van der Waals surface area contributed by atoms with Gasteiger partial charge in [0.05, 0.1) is 6.61 Å². The molecular formula is C9H11F2NO2S. The minimum absolute atomic E-state index is 0.0925. The second-order valence-corrected chi connectivity index (χ2v) is 3.66. The molecule has 3 nitrogen and oxygen atoms in total. The van der Waals surface area contributed by atoms with Gasteiger partial charge in [0.1, 0.15) is 6.04 Å². The van der Waals surface area contributed by atoms with E-state index in [1.165, 1.54) is 29.7 Å². The van der Waals surface area contributed by atoms with Crippen molar-refractivity contribution in [3.63, 3.8) is 0 Å². The van der Waals surface area contributed by atoms with E-state index in [1.807, 2.05) is 0 Å². The van der Waals surface area contributed by atoms with Crippen molar-refractivity contribution < 1.29 is 18.3 Å². The summed E-state index contributed by atoms with van der Waals surface area (Å²) in [5.41, 5.74) is 5.54. The highest BCUT2D eigenvalue weighted by molar-refractivity contribution is 7.07. The Bertz CT molecular complexity index is 327. The average molecular weight is 235 g/mol. The van der Waals surface area contributed by atoms with Gasteiger partial charge in [0.2, 0.25) is 0 Å². The molecule has 0 saturated heterocycles. The molecule has 84 valence electrons. The van der Waals surface area contributed by atoms with Crippen molar-refractivity contribution in [1.82, 2.24) is 0 Å². The number of hydrogen-bond acceptors (Lipinski definition) is 4. The van der Waals surface area contributed by atoms with Crippen molar-refractivity contribution in [2.75, 3.05) is 6.61 Å². The van der Waals surface area contributed by atoms with Crippen LogP contribution in [0.2, 0.25) is 0 Å². The topological polar surface area (TPSA) is 52.3 Å². The molecule has 0 unspecified atom stereocenters. The molecule has 0 bridgehead atoms. The van der Waals surface area contributed by atoms with Crippen LogP contribution in [-0.4, -0.2) is 18.5 Å². The minimum atomic E-state index is -3.68. The molecule has 0 spiro atoms. The standard InChI is InChI=1S/C9H11F2NO2S/c1-2-14-8(13)9(10,11)7(12)6-3-4-15-5-6/h3-5,7H,2,12H2,1H3/t7-/m1/s1. The summed E-state index contributed by atoms with van der Waals surface area (Å²) in [6.45, 7) is 1.37. The molecule has 1 aromatic heterocycles. The van der Waals surface area contributed by atoms with E-state index >= 15 is 0 Å². The molecule has 1 aromatic rings. The molecular weight excluding hydrogens is 224 g/mol. The first-order valence-corrected chi connectivity index (χ1v) is 5.27. The summed E-state index contributed by atoms with van der Waals surface area (Å²) in [7, 11) is 0. The number of rotatable bonds is 4. The third kappa shape index (κ3) is 2.51. The largest absolute Gasteiger partial charge is 0.462 e. The normalized spacial score (nSPS) is 13.6. The monoisotopic (exact) mass is 235 g/mol. The van der Waals surface area contributed by atoms with Crippen LogP contribution in [0.5, 0.6) is 0 Å². The molecule has 1 rings (SSSR count). The Balaban J connectivity index is 2.81. The second kappa shape index (κ2) is 4.67. The Labute approximate surface area is 89.8 Å². The lowest BCUT2D eigenvalue weighted by Gasteiger charge is -2.20. The maximum absolute atomic E-state index is 13.4. The molecule has 0 aliphatic rings. The van der Waals surface area contributed by atoms with Crippen molar-refractivity contribution >= 4 is 17.3 Å². The highest BCUT2D eigenvalue weighted by atomic mass is 32.1. The summed E-state index contributed by atoms with van der Waals surface area (Å²) in [5, 5.41) is 3.11. The van der Waals surface area contributed by atoms with Crippen LogP contribution < -0.4 is 5.73 Å². The third-order valence-corrected chi connectivity index (χ3v) is 2.54. The molecule has 0 amide bonds. The Morgan fingerprint density at radius 1 is 1.73 bits per heavy atom. The van der Waals surface area contributed by atoms with Crippen LogP contribution in [-0.2, 0) is 9.53 Å². The van der Waals surface area contributed by atoms with E-state index in [-0.39, 0.29) is 12.2 Å². The zero-order chi connectivity index (χ0) is 11.5. The summed E-state index contributed by atoms with van der Waals surface area (Å²) in [6.07, 6.45) is 0. The summed E-state index contributed by atoms with van der Waals surface area (Å²) in [4.78, 5) is 11.0. The van der Waals surface area contributed by atoms with Crippen LogP contribution in [0.25, 0.3) is 0 Å². The molecule has 1 heterocycles. The lowest BCUT2D eigenvalue weighted by Crippen LogP contribution is -2.41. The summed E-state index contributed by atoms with van der Waals surface area (Å²) >= 11 is 1.24. The predicted octanol–water partition coefficient (Wildman–Crippen LogP) is 1.95. The summed E-state index contributed by atoms with van der Waals surface area (Å²) in [6, 6.07) is -0.189. The molecule has 0 aliphatic carbocycles. The van der Waals surface area contributed by atoms with E-state index in [0.29, 0.717) is 0 Å². The number of hydrogen-bond donors (Lipinski definition) is 1. The fourth-order valence-corrected chi connectivity index (χ4v) is 1.71. The molecule has 0 aromatic carbocycles. The fraction of sp³-hybridized carbons (Fsp3) is 0.444. The number of halogens is 2. The number of thiophene rings is 1. The Kier molecular flexibility index (Phi) is 3.76. The van der Waals surface area contributed by atoms with Gasteiger partial charge in [0.25, 0.3) is 0 Å². The second-order valence-electron chi connectivity index (χ2n) is 2.88. The minimum Gasteiger partial charge on any atom is -0.462 e. The van der Waals surface area contributed by atoms with E-state index < -0.39 is 17.9 Å². The first kappa shape index (κ1) is 12.1. The van der Waals surface area contributed by atoms with Crippen LogP contribution in [0.3, 0.4) is 0 Å². The van der Waals surface area contributed by atoms with E-state index in [0.717, 1.165) is 0 Å². The molecule has 0 aliphatic heterocycles. The molecule has 0 fully saturated rings. The third-order valence-electron chi connectivity index (χ3n) is 1.84.